The zero-order valence-corrected chi connectivity index (χ0v) is 30.7. The number of likely N-dealkylation sites (tertiary alicyclic amines) is 2. The maximum Gasteiger partial charge on any atom is 0.254 e. The van der Waals surface area contributed by atoms with Crippen LogP contribution in [-0.2, 0) is 27.2 Å². The number of aryl methyl sites for hydroxylation is 1. The molecule has 4 amide bonds. The van der Waals surface area contributed by atoms with Crippen LogP contribution in [0.4, 0.5) is 0 Å². The number of piperidine rings is 1. The number of benzene rings is 2. The van der Waals surface area contributed by atoms with Gasteiger partial charge >= 0.3 is 0 Å². The summed E-state index contributed by atoms with van der Waals surface area (Å²) in [5.41, 5.74) is 3.44. The lowest BCUT2D eigenvalue weighted by Crippen LogP contribution is -2.54. The molecule has 52 heavy (non-hydrogen) atoms. The molecule has 2 aliphatic rings. The van der Waals surface area contributed by atoms with Crippen molar-refractivity contribution in [3.05, 3.63) is 89.7 Å². The number of amides is 4. The Balaban J connectivity index is 0.000000507. The molecule has 0 spiro atoms. The zero-order valence-electron chi connectivity index (χ0n) is 30.7. The highest BCUT2D eigenvalue weighted by Crippen LogP contribution is 2.37. The molecular formula is C40H50N6O6. The average molecular weight is 711 g/mol. The van der Waals surface area contributed by atoms with Gasteiger partial charge in [0, 0.05) is 56.6 Å². The van der Waals surface area contributed by atoms with E-state index < -0.39 is 5.92 Å². The normalized spacial score (nSPS) is 17.9. The number of aromatic nitrogens is 2. The quantitative estimate of drug-likeness (QED) is 0.211. The number of methoxy groups -OCH3 is 1. The number of nitrogens with zero attached hydrogens (tertiary/aromatic N) is 3. The summed E-state index contributed by atoms with van der Waals surface area (Å²) in [6.45, 7) is 7.27. The van der Waals surface area contributed by atoms with Gasteiger partial charge in [0.05, 0.1) is 32.1 Å². The lowest BCUT2D eigenvalue weighted by molar-refractivity contribution is -0.139. The van der Waals surface area contributed by atoms with E-state index in [1.54, 1.807) is 40.4 Å². The number of aromatic amines is 1. The van der Waals surface area contributed by atoms with Gasteiger partial charge in [0.25, 0.3) is 5.91 Å². The summed E-state index contributed by atoms with van der Waals surface area (Å²) in [6.07, 6.45) is 6.03. The van der Waals surface area contributed by atoms with Gasteiger partial charge in [-0.15, -0.1) is 0 Å². The van der Waals surface area contributed by atoms with E-state index in [0.717, 1.165) is 10.9 Å². The van der Waals surface area contributed by atoms with E-state index in [9.17, 15) is 19.2 Å². The van der Waals surface area contributed by atoms with E-state index in [-0.39, 0.29) is 61.1 Å². The first kappa shape index (κ1) is 37.9. The molecular weight excluding hydrogens is 660 g/mol. The Hall–Kier alpha value is -5.39. The van der Waals surface area contributed by atoms with Crippen LogP contribution in [0.5, 0.6) is 11.5 Å². The molecule has 3 unspecified atom stereocenters. The fourth-order valence-corrected chi connectivity index (χ4v) is 7.01. The van der Waals surface area contributed by atoms with Gasteiger partial charge in [0.15, 0.2) is 11.5 Å². The molecule has 6 rings (SSSR count). The van der Waals surface area contributed by atoms with Crippen LogP contribution in [0.2, 0.25) is 0 Å². The minimum atomic E-state index is -0.578. The average Bonchev–Trinajstić information content (AvgIpc) is 3.78. The van der Waals surface area contributed by atoms with Crippen LogP contribution >= 0.6 is 0 Å². The maximum absolute atomic E-state index is 13.7. The molecule has 3 atom stereocenters. The predicted molar refractivity (Wildman–Crippen MR) is 199 cm³/mol. The Labute approximate surface area is 305 Å². The molecule has 0 radical (unpaired) electrons. The summed E-state index contributed by atoms with van der Waals surface area (Å²) >= 11 is 0. The molecule has 2 saturated heterocycles. The Morgan fingerprint density at radius 1 is 0.962 bits per heavy atom. The van der Waals surface area contributed by atoms with E-state index in [1.165, 1.54) is 32.6 Å². The molecule has 2 aromatic heterocycles. The monoisotopic (exact) mass is 710 g/mol. The maximum atomic E-state index is 13.7. The number of carbonyl (C=O) groups excluding carboxylic acids is 4. The summed E-state index contributed by atoms with van der Waals surface area (Å²) in [7, 11) is 3.03. The molecule has 0 bridgehead atoms. The van der Waals surface area contributed by atoms with Gasteiger partial charge in [0.1, 0.15) is 5.65 Å². The van der Waals surface area contributed by atoms with E-state index in [4.69, 9.17) is 9.47 Å². The van der Waals surface area contributed by atoms with Crippen LogP contribution < -0.4 is 20.1 Å². The molecule has 4 aromatic rings. The molecule has 4 heterocycles. The predicted octanol–water partition coefficient (Wildman–Crippen LogP) is 4.25. The highest BCUT2D eigenvalue weighted by atomic mass is 16.5. The van der Waals surface area contributed by atoms with Crippen molar-refractivity contribution < 1.29 is 28.7 Å². The van der Waals surface area contributed by atoms with Gasteiger partial charge in [-0.1, -0.05) is 43.7 Å². The number of carbonyl (C=O) groups is 4. The number of pyridine rings is 1. The second kappa shape index (κ2) is 17.7. The van der Waals surface area contributed by atoms with Gasteiger partial charge in [-0.05, 0) is 73.6 Å². The summed E-state index contributed by atoms with van der Waals surface area (Å²) in [6, 6.07) is 19.4. The van der Waals surface area contributed by atoms with Crippen molar-refractivity contribution in [2.45, 2.75) is 46.1 Å². The summed E-state index contributed by atoms with van der Waals surface area (Å²) in [5, 5.41) is 6.10. The number of rotatable bonds is 11. The highest BCUT2D eigenvalue weighted by Gasteiger charge is 2.48. The van der Waals surface area contributed by atoms with Crippen molar-refractivity contribution in [3.63, 3.8) is 0 Å². The molecule has 276 valence electrons. The van der Waals surface area contributed by atoms with E-state index in [2.05, 4.69) is 57.9 Å². The van der Waals surface area contributed by atoms with Gasteiger partial charge in [-0.2, -0.15) is 0 Å². The third kappa shape index (κ3) is 9.28. The molecule has 12 heteroatoms. The minimum absolute atomic E-state index is 0.0538. The van der Waals surface area contributed by atoms with E-state index >= 15 is 0 Å². The van der Waals surface area contributed by atoms with Crippen LogP contribution in [-0.4, -0.2) is 96.4 Å². The Kier molecular flexibility index (Phi) is 12.9. The minimum Gasteiger partial charge on any atom is -0.493 e. The summed E-state index contributed by atoms with van der Waals surface area (Å²) in [5.74, 6) is -0.745. The molecule has 12 nitrogen and oxygen atoms in total. The topological polar surface area (TPSA) is 146 Å². The Morgan fingerprint density at radius 3 is 2.44 bits per heavy atom. The highest BCUT2D eigenvalue weighted by molar-refractivity contribution is 5.95. The second-order valence-corrected chi connectivity index (χ2v) is 13.6. The largest absolute Gasteiger partial charge is 0.493 e. The fourth-order valence-electron chi connectivity index (χ4n) is 7.01. The van der Waals surface area contributed by atoms with Gasteiger partial charge in [0.2, 0.25) is 17.7 Å². The van der Waals surface area contributed by atoms with Gasteiger partial charge in [-0.3, -0.25) is 19.2 Å². The van der Waals surface area contributed by atoms with Crippen LogP contribution in [0.15, 0.2) is 73.1 Å². The van der Waals surface area contributed by atoms with Crippen molar-refractivity contribution in [1.82, 2.24) is 30.4 Å². The van der Waals surface area contributed by atoms with Crippen LogP contribution in [0.1, 0.15) is 48.7 Å². The van der Waals surface area contributed by atoms with Crippen molar-refractivity contribution in [3.8, 4) is 11.5 Å². The Bertz CT molecular complexity index is 1840. The van der Waals surface area contributed by atoms with Gasteiger partial charge in [-0.25, -0.2) is 4.98 Å². The number of H-pyrrole nitrogens is 1. The summed E-state index contributed by atoms with van der Waals surface area (Å²) < 4.78 is 11.3. The Morgan fingerprint density at radius 2 is 1.73 bits per heavy atom. The fraction of sp³-hybridized carbons (Fsp3) is 0.425. The lowest BCUT2D eigenvalue weighted by Gasteiger charge is -2.39. The zero-order chi connectivity index (χ0) is 37.2. The lowest BCUT2D eigenvalue weighted by atomic mass is 9.79. The number of fused-ring (bicyclic) bond motifs is 2. The number of hydrogen-bond acceptors (Lipinski definition) is 7. The first-order valence-corrected chi connectivity index (χ1v) is 18.0. The van der Waals surface area contributed by atoms with E-state index in [0.29, 0.717) is 42.3 Å². The van der Waals surface area contributed by atoms with Gasteiger partial charge < -0.3 is 34.9 Å². The standard InChI is InChI=1S/C31H38N6O6.C9H12/c1-18(2)43-25-8-7-19(10-26(25)42-4)31(41)37-15-21-14-36(17-24(23(21)16-37)30(40)35-13-27(38)32-3)28(39)11-20-12-34-29-22(20)6-5-9-33-29;1-2-6-9-7-4-3-5-8-9/h5-10,12,18,21,23-24H,11,13-17H2,1-4H3,(H,32,38)(H,33,34)(H,35,40);3-5,7-8H,2,6H2,1H3. The molecule has 2 aromatic carbocycles. The van der Waals surface area contributed by atoms with Crippen LogP contribution in [0.25, 0.3) is 11.0 Å². The van der Waals surface area contributed by atoms with Crippen molar-refractivity contribution in [1.29, 1.82) is 0 Å². The summed E-state index contributed by atoms with van der Waals surface area (Å²) in [4.78, 5) is 63.4. The molecule has 2 aliphatic heterocycles. The number of nitrogens with one attached hydrogen (secondary N) is 3. The van der Waals surface area contributed by atoms with E-state index in [1.807, 2.05) is 26.0 Å². The third-order valence-electron chi connectivity index (χ3n) is 9.59. The van der Waals surface area contributed by atoms with Crippen molar-refractivity contribution >= 4 is 34.7 Å². The van der Waals surface area contributed by atoms with Crippen LogP contribution in [0, 0.1) is 17.8 Å². The first-order chi connectivity index (χ1) is 25.1. The second-order valence-electron chi connectivity index (χ2n) is 13.6. The molecule has 0 saturated carbocycles. The van der Waals surface area contributed by atoms with Crippen LogP contribution in [0.3, 0.4) is 0 Å². The van der Waals surface area contributed by atoms with Crippen molar-refractivity contribution in [2.75, 3.05) is 46.9 Å². The molecule has 3 N–H and O–H groups in total. The smallest absolute Gasteiger partial charge is 0.254 e. The SMILES string of the molecule is CCCc1ccccc1.CNC(=O)CNC(=O)C1CN(C(=O)Cc2c[nH]c3ncccc23)CC2CN(C(=O)c3ccc(OC(C)C)c(OC)c3)CC21. The first-order valence-electron chi connectivity index (χ1n) is 18.0. The number of likely N-dealkylation sites (N-methyl/N-ethyl adjacent to an activating group) is 1. The third-order valence-corrected chi connectivity index (χ3v) is 9.59. The molecule has 0 aliphatic carbocycles. The number of hydrogen-bond donors (Lipinski definition) is 3. The van der Waals surface area contributed by atoms with Crippen molar-refractivity contribution in [2.24, 2.45) is 17.8 Å². The number of ether oxygens (including phenoxy) is 2. The molecule has 2 fully saturated rings.